The van der Waals surface area contributed by atoms with Gasteiger partial charge in [-0.25, -0.2) is 4.79 Å². The normalized spacial score (nSPS) is 16.7. The Kier molecular flexibility index (Phi) is 6.77. The molecule has 2 rings (SSSR count). The zero-order valence-electron chi connectivity index (χ0n) is 15.5. The quantitative estimate of drug-likeness (QED) is 0.664. The molecule has 142 valence electrons. The van der Waals surface area contributed by atoms with Crippen molar-refractivity contribution in [1.29, 1.82) is 0 Å². The molecule has 1 aromatic carbocycles. The summed E-state index contributed by atoms with van der Waals surface area (Å²) in [5.74, 6) is -1.22. The minimum atomic E-state index is -1.28. The Bertz CT molecular complexity index is 650. The summed E-state index contributed by atoms with van der Waals surface area (Å²) in [6.45, 7) is 3.82. The molecule has 6 heteroatoms. The van der Waals surface area contributed by atoms with E-state index in [1.54, 1.807) is 24.3 Å². The van der Waals surface area contributed by atoms with Crippen molar-refractivity contribution in [3.8, 4) is 0 Å². The van der Waals surface area contributed by atoms with E-state index in [9.17, 15) is 19.5 Å². The fourth-order valence-corrected chi connectivity index (χ4v) is 3.34. The summed E-state index contributed by atoms with van der Waals surface area (Å²) in [6, 6.07) is 6.87. The number of carbonyl (C=O) groups excluding carboxylic acids is 2. The van der Waals surface area contributed by atoms with Gasteiger partial charge in [0.05, 0.1) is 0 Å². The van der Waals surface area contributed by atoms with E-state index >= 15 is 0 Å². The number of aliphatic carboxylic acids is 1. The second-order valence-corrected chi connectivity index (χ2v) is 7.24. The summed E-state index contributed by atoms with van der Waals surface area (Å²) in [5, 5.41) is 14.9. The third-order valence-electron chi connectivity index (χ3n) is 5.02. The molecule has 1 aliphatic rings. The molecule has 1 saturated carbocycles. The van der Waals surface area contributed by atoms with Gasteiger partial charge in [-0.05, 0) is 43.9 Å². The van der Waals surface area contributed by atoms with Gasteiger partial charge in [-0.3, -0.25) is 9.59 Å². The minimum Gasteiger partial charge on any atom is -0.480 e. The van der Waals surface area contributed by atoms with Crippen molar-refractivity contribution < 1.29 is 19.5 Å². The van der Waals surface area contributed by atoms with Crippen LogP contribution in [0, 0.1) is 5.92 Å². The lowest BCUT2D eigenvalue weighted by Crippen LogP contribution is -2.52. The predicted molar refractivity (Wildman–Crippen MR) is 98.7 cm³/mol. The highest BCUT2D eigenvalue weighted by Crippen LogP contribution is 2.24. The Morgan fingerprint density at radius 3 is 2.31 bits per heavy atom. The molecule has 0 aromatic heterocycles. The maximum Gasteiger partial charge on any atom is 0.329 e. The molecule has 0 heterocycles. The van der Waals surface area contributed by atoms with Crippen LogP contribution in [-0.2, 0) is 16.1 Å². The van der Waals surface area contributed by atoms with Gasteiger partial charge in [0.2, 0.25) is 5.91 Å². The maximum atomic E-state index is 12.3. The monoisotopic (exact) mass is 360 g/mol. The number of rotatable bonds is 8. The van der Waals surface area contributed by atoms with E-state index in [2.05, 4.69) is 10.6 Å². The Balaban J connectivity index is 1.92. The summed E-state index contributed by atoms with van der Waals surface area (Å²) in [5.41, 5.74) is 0.0293. The molecule has 0 bridgehead atoms. The molecule has 0 spiro atoms. The number of carboxylic acid groups (broad SMARTS) is 1. The van der Waals surface area contributed by atoms with Crippen molar-refractivity contribution in [2.45, 2.75) is 64.5 Å². The van der Waals surface area contributed by atoms with Gasteiger partial charge in [0.25, 0.3) is 5.91 Å². The fraction of sp³-hybridized carbons (Fsp3) is 0.550. The van der Waals surface area contributed by atoms with Crippen molar-refractivity contribution in [3.05, 3.63) is 35.4 Å². The zero-order valence-corrected chi connectivity index (χ0v) is 15.5. The van der Waals surface area contributed by atoms with Crippen LogP contribution in [-0.4, -0.2) is 28.4 Å². The first-order valence-corrected chi connectivity index (χ1v) is 9.28. The van der Waals surface area contributed by atoms with E-state index in [0.29, 0.717) is 24.9 Å². The maximum absolute atomic E-state index is 12.3. The van der Waals surface area contributed by atoms with Crippen LogP contribution >= 0.6 is 0 Å². The molecule has 1 atom stereocenters. The number of carbonyl (C=O) groups is 3. The van der Waals surface area contributed by atoms with Crippen LogP contribution in [0.1, 0.15) is 68.3 Å². The average molecular weight is 360 g/mol. The van der Waals surface area contributed by atoms with Gasteiger partial charge in [-0.15, -0.1) is 0 Å². The fourth-order valence-electron chi connectivity index (χ4n) is 3.34. The lowest BCUT2D eigenvalue weighted by Gasteiger charge is -2.25. The molecule has 0 radical (unpaired) electrons. The van der Waals surface area contributed by atoms with Gasteiger partial charge in [0.15, 0.2) is 0 Å². The van der Waals surface area contributed by atoms with E-state index in [0.717, 1.165) is 31.2 Å². The molecule has 0 aliphatic heterocycles. The van der Waals surface area contributed by atoms with E-state index in [-0.39, 0.29) is 11.8 Å². The van der Waals surface area contributed by atoms with Crippen molar-refractivity contribution in [1.82, 2.24) is 10.6 Å². The third-order valence-corrected chi connectivity index (χ3v) is 5.02. The third kappa shape index (κ3) is 5.07. The highest BCUT2D eigenvalue weighted by molar-refractivity contribution is 5.97. The summed E-state index contributed by atoms with van der Waals surface area (Å²) in [7, 11) is 0. The van der Waals surface area contributed by atoms with Gasteiger partial charge < -0.3 is 15.7 Å². The second kappa shape index (κ2) is 8.83. The molecule has 1 aliphatic carbocycles. The van der Waals surface area contributed by atoms with Crippen LogP contribution < -0.4 is 10.6 Å². The molecular formula is C20H28N2O4. The molecular weight excluding hydrogens is 332 g/mol. The van der Waals surface area contributed by atoms with E-state index in [4.69, 9.17) is 0 Å². The standard InChI is InChI=1S/C20H28N2O4/c1-3-12-20(2,19(25)26)22-18(24)16-10-8-14(9-11-16)13-21-17(23)15-6-4-5-7-15/h8-11,15H,3-7,12-13H2,1-2H3,(H,21,23)(H,22,24)(H,25,26). The lowest BCUT2D eigenvalue weighted by atomic mass is 9.95. The molecule has 1 aromatic rings. The summed E-state index contributed by atoms with van der Waals surface area (Å²) < 4.78 is 0. The van der Waals surface area contributed by atoms with Crippen LogP contribution in [0.4, 0.5) is 0 Å². The molecule has 1 unspecified atom stereocenters. The molecule has 3 N–H and O–H groups in total. The van der Waals surface area contributed by atoms with Gasteiger partial charge in [0.1, 0.15) is 5.54 Å². The van der Waals surface area contributed by atoms with Gasteiger partial charge in [0, 0.05) is 18.0 Å². The SMILES string of the molecule is CCCC(C)(NC(=O)c1ccc(CNC(=O)C2CCCC2)cc1)C(=O)O. The van der Waals surface area contributed by atoms with Gasteiger partial charge in [-0.1, -0.05) is 38.3 Å². The van der Waals surface area contributed by atoms with E-state index in [1.807, 2.05) is 6.92 Å². The van der Waals surface area contributed by atoms with Crippen LogP contribution in [0.2, 0.25) is 0 Å². The molecule has 0 saturated heterocycles. The van der Waals surface area contributed by atoms with Crippen molar-refractivity contribution in [3.63, 3.8) is 0 Å². The largest absolute Gasteiger partial charge is 0.480 e. The Hall–Kier alpha value is -2.37. The lowest BCUT2D eigenvalue weighted by molar-refractivity contribution is -0.144. The number of hydrogen-bond acceptors (Lipinski definition) is 3. The number of amides is 2. The number of nitrogens with one attached hydrogen (secondary N) is 2. The van der Waals surface area contributed by atoms with Crippen molar-refractivity contribution in [2.24, 2.45) is 5.92 Å². The second-order valence-electron chi connectivity index (χ2n) is 7.24. The summed E-state index contributed by atoms with van der Waals surface area (Å²) in [4.78, 5) is 35.8. The Morgan fingerprint density at radius 1 is 1.15 bits per heavy atom. The first kappa shape index (κ1) is 19.9. The highest BCUT2D eigenvalue weighted by Gasteiger charge is 2.34. The number of hydrogen-bond donors (Lipinski definition) is 3. The molecule has 1 fully saturated rings. The summed E-state index contributed by atoms with van der Waals surface area (Å²) in [6.07, 6.45) is 5.18. The van der Waals surface area contributed by atoms with Gasteiger partial charge >= 0.3 is 5.97 Å². The van der Waals surface area contributed by atoms with Crippen LogP contribution in [0.5, 0.6) is 0 Å². The Labute approximate surface area is 154 Å². The number of carboxylic acids is 1. The zero-order chi connectivity index (χ0) is 19.2. The molecule has 26 heavy (non-hydrogen) atoms. The van der Waals surface area contributed by atoms with E-state index < -0.39 is 17.4 Å². The van der Waals surface area contributed by atoms with Crippen LogP contribution in [0.15, 0.2) is 24.3 Å². The number of benzene rings is 1. The molecule has 6 nitrogen and oxygen atoms in total. The predicted octanol–water partition coefficient (Wildman–Crippen LogP) is 2.87. The average Bonchev–Trinajstić information content (AvgIpc) is 3.15. The van der Waals surface area contributed by atoms with Crippen molar-refractivity contribution in [2.75, 3.05) is 0 Å². The van der Waals surface area contributed by atoms with Crippen molar-refractivity contribution >= 4 is 17.8 Å². The Morgan fingerprint density at radius 2 is 1.77 bits per heavy atom. The summed E-state index contributed by atoms with van der Waals surface area (Å²) >= 11 is 0. The first-order chi connectivity index (χ1) is 12.4. The molecule has 2 amide bonds. The highest BCUT2D eigenvalue weighted by atomic mass is 16.4. The van der Waals surface area contributed by atoms with E-state index in [1.165, 1.54) is 6.92 Å². The van der Waals surface area contributed by atoms with Gasteiger partial charge in [-0.2, -0.15) is 0 Å². The topological polar surface area (TPSA) is 95.5 Å². The smallest absolute Gasteiger partial charge is 0.329 e. The first-order valence-electron chi connectivity index (χ1n) is 9.28. The minimum absolute atomic E-state index is 0.0982. The van der Waals surface area contributed by atoms with Crippen LogP contribution in [0.3, 0.4) is 0 Å². The van der Waals surface area contributed by atoms with Crippen LogP contribution in [0.25, 0.3) is 0 Å².